The summed E-state index contributed by atoms with van der Waals surface area (Å²) in [6, 6.07) is 0. The van der Waals surface area contributed by atoms with Crippen LogP contribution < -0.4 is 5.32 Å². The van der Waals surface area contributed by atoms with Crippen LogP contribution in [0.5, 0.6) is 0 Å². The van der Waals surface area contributed by atoms with E-state index < -0.39 is 10.1 Å². The number of hydrogen-bond donors (Lipinski definition) is 2. The molecule has 0 saturated heterocycles. The molecule has 0 rings (SSSR count). The molecule has 0 spiro atoms. The Morgan fingerprint density at radius 2 is 1.82 bits per heavy atom. The molecule has 1 amide bonds. The SMILES string of the molecule is CC(C(=O)NCCCCS(=O)(=O)O)C(C)(C)C. The molecule has 0 bridgehead atoms. The molecule has 0 aromatic carbocycles. The number of carbonyl (C=O) groups excluding carboxylic acids is 1. The fourth-order valence-electron chi connectivity index (χ4n) is 1.17. The molecule has 0 radical (unpaired) electrons. The summed E-state index contributed by atoms with van der Waals surface area (Å²) in [7, 11) is -3.88. The van der Waals surface area contributed by atoms with Crippen molar-refractivity contribution >= 4 is 16.0 Å². The van der Waals surface area contributed by atoms with Crippen molar-refractivity contribution in [1.82, 2.24) is 5.32 Å². The maximum Gasteiger partial charge on any atom is 0.264 e. The van der Waals surface area contributed by atoms with Gasteiger partial charge >= 0.3 is 0 Å². The number of carbonyl (C=O) groups is 1. The highest BCUT2D eigenvalue weighted by Crippen LogP contribution is 2.25. The first kappa shape index (κ1) is 16.4. The predicted octanol–water partition coefficient (Wildman–Crippen LogP) is 1.45. The van der Waals surface area contributed by atoms with E-state index in [9.17, 15) is 13.2 Å². The second-order valence-electron chi connectivity index (χ2n) is 5.37. The zero-order valence-electron chi connectivity index (χ0n) is 11.0. The molecular formula is C11H23NO4S. The number of unbranched alkanes of at least 4 members (excludes halogenated alkanes) is 1. The molecule has 0 aliphatic carbocycles. The van der Waals surface area contributed by atoms with Crippen LogP contribution in [-0.4, -0.2) is 31.2 Å². The molecule has 0 heterocycles. The van der Waals surface area contributed by atoms with E-state index in [0.29, 0.717) is 19.4 Å². The largest absolute Gasteiger partial charge is 0.356 e. The summed E-state index contributed by atoms with van der Waals surface area (Å²) in [5.74, 6) is -0.369. The molecule has 0 fully saturated rings. The van der Waals surface area contributed by atoms with Crippen LogP contribution in [0.3, 0.4) is 0 Å². The molecule has 0 aromatic heterocycles. The van der Waals surface area contributed by atoms with Gasteiger partial charge in [0, 0.05) is 12.5 Å². The Balaban J connectivity index is 3.80. The number of hydrogen-bond acceptors (Lipinski definition) is 3. The lowest BCUT2D eigenvalue weighted by Gasteiger charge is -2.26. The number of nitrogens with one attached hydrogen (secondary N) is 1. The fraction of sp³-hybridized carbons (Fsp3) is 0.909. The van der Waals surface area contributed by atoms with Crippen LogP contribution in [0, 0.1) is 11.3 Å². The van der Waals surface area contributed by atoms with Gasteiger partial charge < -0.3 is 5.32 Å². The third kappa shape index (κ3) is 8.15. The van der Waals surface area contributed by atoms with E-state index in [0.717, 1.165) is 0 Å². The first-order valence-electron chi connectivity index (χ1n) is 5.77. The van der Waals surface area contributed by atoms with E-state index in [-0.39, 0.29) is 23.0 Å². The highest BCUT2D eigenvalue weighted by Gasteiger charge is 2.26. The van der Waals surface area contributed by atoms with Gasteiger partial charge in [-0.15, -0.1) is 0 Å². The summed E-state index contributed by atoms with van der Waals surface area (Å²) in [5, 5.41) is 2.76. The molecule has 17 heavy (non-hydrogen) atoms. The van der Waals surface area contributed by atoms with E-state index in [2.05, 4.69) is 5.32 Å². The van der Waals surface area contributed by atoms with E-state index >= 15 is 0 Å². The standard InChI is InChI=1S/C11H23NO4S/c1-9(11(2,3)4)10(13)12-7-5-6-8-17(14,15)16/h9H,5-8H2,1-4H3,(H,12,13)(H,14,15,16). The van der Waals surface area contributed by atoms with Crippen LogP contribution in [0.15, 0.2) is 0 Å². The van der Waals surface area contributed by atoms with Crippen molar-refractivity contribution in [2.24, 2.45) is 11.3 Å². The van der Waals surface area contributed by atoms with Crippen molar-refractivity contribution in [2.45, 2.75) is 40.5 Å². The summed E-state index contributed by atoms with van der Waals surface area (Å²) in [6.07, 6.45) is 0.894. The Morgan fingerprint density at radius 3 is 2.24 bits per heavy atom. The first-order chi connectivity index (χ1) is 7.54. The lowest BCUT2D eigenvalue weighted by Crippen LogP contribution is -2.36. The maximum atomic E-state index is 11.7. The summed E-state index contributed by atoms with van der Waals surface area (Å²) >= 11 is 0. The maximum absolute atomic E-state index is 11.7. The van der Waals surface area contributed by atoms with Gasteiger partial charge in [0.2, 0.25) is 5.91 Å². The second kappa shape index (κ2) is 6.35. The van der Waals surface area contributed by atoms with Crippen molar-refractivity contribution in [1.29, 1.82) is 0 Å². The zero-order valence-corrected chi connectivity index (χ0v) is 11.8. The number of amides is 1. The van der Waals surface area contributed by atoms with Gasteiger partial charge in [0.05, 0.1) is 5.75 Å². The van der Waals surface area contributed by atoms with Crippen molar-refractivity contribution in [3.05, 3.63) is 0 Å². The highest BCUT2D eigenvalue weighted by molar-refractivity contribution is 7.85. The molecule has 6 heteroatoms. The highest BCUT2D eigenvalue weighted by atomic mass is 32.2. The van der Waals surface area contributed by atoms with Crippen LogP contribution in [0.4, 0.5) is 0 Å². The lowest BCUT2D eigenvalue weighted by molar-refractivity contribution is -0.127. The number of rotatable bonds is 6. The third-order valence-corrected chi connectivity index (χ3v) is 3.63. The van der Waals surface area contributed by atoms with Gasteiger partial charge in [-0.1, -0.05) is 27.7 Å². The monoisotopic (exact) mass is 265 g/mol. The molecule has 5 nitrogen and oxygen atoms in total. The summed E-state index contributed by atoms with van der Waals surface area (Å²) in [5.41, 5.74) is -0.0848. The molecule has 2 N–H and O–H groups in total. The summed E-state index contributed by atoms with van der Waals surface area (Å²) in [6.45, 7) is 8.29. The Kier molecular flexibility index (Phi) is 6.12. The normalized spacial score (nSPS) is 14.4. The smallest absolute Gasteiger partial charge is 0.264 e. The van der Waals surface area contributed by atoms with E-state index in [1.807, 2.05) is 27.7 Å². The second-order valence-corrected chi connectivity index (χ2v) is 6.94. The van der Waals surface area contributed by atoms with Crippen LogP contribution in [-0.2, 0) is 14.9 Å². The van der Waals surface area contributed by atoms with Crippen LogP contribution >= 0.6 is 0 Å². The van der Waals surface area contributed by atoms with Gasteiger partial charge in [-0.2, -0.15) is 8.42 Å². The van der Waals surface area contributed by atoms with E-state index in [1.54, 1.807) is 0 Å². The molecule has 1 atom stereocenters. The molecule has 0 saturated carbocycles. The average molecular weight is 265 g/mol. The molecule has 0 aromatic rings. The van der Waals surface area contributed by atoms with Gasteiger partial charge in [-0.25, -0.2) is 0 Å². The first-order valence-corrected chi connectivity index (χ1v) is 7.38. The minimum Gasteiger partial charge on any atom is -0.356 e. The Hall–Kier alpha value is -0.620. The van der Waals surface area contributed by atoms with Crippen LogP contribution in [0.1, 0.15) is 40.5 Å². The molecule has 102 valence electrons. The van der Waals surface area contributed by atoms with Gasteiger partial charge in [0.25, 0.3) is 10.1 Å². The Morgan fingerprint density at radius 1 is 1.29 bits per heavy atom. The third-order valence-electron chi connectivity index (χ3n) is 2.82. The van der Waals surface area contributed by atoms with Crippen LogP contribution in [0.25, 0.3) is 0 Å². The van der Waals surface area contributed by atoms with Crippen molar-refractivity contribution in [3.63, 3.8) is 0 Å². The van der Waals surface area contributed by atoms with E-state index in [1.165, 1.54) is 0 Å². The Bertz CT molecular complexity index is 343. The Labute approximate surface area is 104 Å². The molecular weight excluding hydrogens is 242 g/mol. The van der Waals surface area contributed by atoms with Crippen molar-refractivity contribution < 1.29 is 17.8 Å². The minimum absolute atomic E-state index is 0.0237. The van der Waals surface area contributed by atoms with Gasteiger partial charge in [-0.3, -0.25) is 9.35 Å². The van der Waals surface area contributed by atoms with Gasteiger partial charge in [-0.05, 0) is 18.3 Å². The quantitative estimate of drug-likeness (QED) is 0.562. The predicted molar refractivity (Wildman–Crippen MR) is 67.3 cm³/mol. The fourth-order valence-corrected chi connectivity index (χ4v) is 1.74. The van der Waals surface area contributed by atoms with Crippen LogP contribution in [0.2, 0.25) is 0 Å². The summed E-state index contributed by atoms with van der Waals surface area (Å²) < 4.78 is 29.4. The van der Waals surface area contributed by atoms with Gasteiger partial charge in [0.1, 0.15) is 0 Å². The average Bonchev–Trinajstić information content (AvgIpc) is 2.12. The summed E-state index contributed by atoms with van der Waals surface area (Å²) in [4.78, 5) is 11.7. The lowest BCUT2D eigenvalue weighted by atomic mass is 9.81. The van der Waals surface area contributed by atoms with Gasteiger partial charge in [0.15, 0.2) is 0 Å². The van der Waals surface area contributed by atoms with Crippen molar-refractivity contribution in [3.8, 4) is 0 Å². The zero-order chi connectivity index (χ0) is 13.7. The minimum atomic E-state index is -3.88. The molecule has 1 unspecified atom stereocenters. The van der Waals surface area contributed by atoms with Crippen molar-refractivity contribution in [2.75, 3.05) is 12.3 Å². The molecule has 0 aliphatic rings. The molecule has 0 aliphatic heterocycles. The van der Waals surface area contributed by atoms with E-state index in [4.69, 9.17) is 4.55 Å². The topological polar surface area (TPSA) is 83.5 Å².